The fourth-order valence-electron chi connectivity index (χ4n) is 2.63. The Labute approximate surface area is 122 Å². The normalized spacial score (nSPS) is 22.5. The van der Waals surface area contributed by atoms with Crippen molar-refractivity contribution in [3.05, 3.63) is 33.8 Å². The van der Waals surface area contributed by atoms with Crippen LogP contribution < -0.4 is 5.32 Å². The minimum absolute atomic E-state index is 0.173. The number of nitrogens with one attached hydrogen (secondary N) is 1. The van der Waals surface area contributed by atoms with E-state index in [0.717, 1.165) is 19.3 Å². The van der Waals surface area contributed by atoms with E-state index in [4.69, 9.17) is 23.2 Å². The molecule has 1 saturated carbocycles. The van der Waals surface area contributed by atoms with Gasteiger partial charge in [-0.15, -0.1) is 0 Å². The zero-order chi connectivity index (χ0) is 13.8. The molecule has 2 unspecified atom stereocenters. The molecule has 2 rings (SSSR count). The Kier molecular flexibility index (Phi) is 5.08. The molecule has 0 heterocycles. The van der Waals surface area contributed by atoms with Crippen molar-refractivity contribution in [3.63, 3.8) is 0 Å². The lowest BCUT2D eigenvalue weighted by molar-refractivity contribution is 0.0938. The van der Waals surface area contributed by atoms with Gasteiger partial charge in [0.2, 0.25) is 0 Å². The number of aliphatic hydroxyl groups excluding tert-OH is 1. The SMILES string of the molecule is O=C(NCC1CCCC1CO)c1cc(Cl)cc(Cl)c1. The first-order valence-corrected chi connectivity index (χ1v) is 7.21. The van der Waals surface area contributed by atoms with E-state index >= 15 is 0 Å². The molecule has 1 fully saturated rings. The van der Waals surface area contributed by atoms with Crippen LogP contribution >= 0.6 is 23.2 Å². The van der Waals surface area contributed by atoms with Crippen LogP contribution in [0.1, 0.15) is 29.6 Å². The Morgan fingerprint density at radius 1 is 1.21 bits per heavy atom. The first-order valence-electron chi connectivity index (χ1n) is 6.45. The van der Waals surface area contributed by atoms with E-state index in [0.29, 0.717) is 34.0 Å². The highest BCUT2D eigenvalue weighted by Gasteiger charge is 2.26. The number of hydrogen-bond donors (Lipinski definition) is 2. The third-order valence-corrected chi connectivity index (χ3v) is 4.14. The smallest absolute Gasteiger partial charge is 0.251 e. The monoisotopic (exact) mass is 301 g/mol. The topological polar surface area (TPSA) is 49.3 Å². The van der Waals surface area contributed by atoms with Crippen molar-refractivity contribution in [2.75, 3.05) is 13.2 Å². The molecule has 1 aromatic rings. The van der Waals surface area contributed by atoms with Crippen molar-refractivity contribution in [3.8, 4) is 0 Å². The minimum atomic E-state index is -0.173. The average molecular weight is 302 g/mol. The highest BCUT2D eigenvalue weighted by molar-refractivity contribution is 6.35. The van der Waals surface area contributed by atoms with Crippen LogP contribution in [0.25, 0.3) is 0 Å². The first-order chi connectivity index (χ1) is 9.10. The first kappa shape index (κ1) is 14.6. The van der Waals surface area contributed by atoms with Crippen LogP contribution in [0.15, 0.2) is 18.2 Å². The molecular formula is C14H17Cl2NO2. The predicted molar refractivity (Wildman–Crippen MR) is 76.7 cm³/mol. The Hall–Kier alpha value is -0.770. The molecule has 0 aromatic heterocycles. The molecule has 0 spiro atoms. The number of aliphatic hydroxyl groups is 1. The molecular weight excluding hydrogens is 285 g/mol. The van der Waals surface area contributed by atoms with E-state index in [1.165, 1.54) is 0 Å². The van der Waals surface area contributed by atoms with Gasteiger partial charge in [-0.2, -0.15) is 0 Å². The van der Waals surface area contributed by atoms with Crippen LogP contribution in [-0.4, -0.2) is 24.2 Å². The van der Waals surface area contributed by atoms with E-state index in [1.807, 2.05) is 0 Å². The van der Waals surface area contributed by atoms with Gasteiger partial charge in [-0.3, -0.25) is 4.79 Å². The minimum Gasteiger partial charge on any atom is -0.396 e. The van der Waals surface area contributed by atoms with Crippen molar-refractivity contribution in [2.45, 2.75) is 19.3 Å². The van der Waals surface area contributed by atoms with Gasteiger partial charge in [0.15, 0.2) is 0 Å². The summed E-state index contributed by atoms with van der Waals surface area (Å²) >= 11 is 11.7. The highest BCUT2D eigenvalue weighted by Crippen LogP contribution is 2.30. The van der Waals surface area contributed by atoms with E-state index < -0.39 is 0 Å². The summed E-state index contributed by atoms with van der Waals surface area (Å²) in [6, 6.07) is 4.79. The van der Waals surface area contributed by atoms with Gasteiger partial charge in [0.1, 0.15) is 0 Å². The van der Waals surface area contributed by atoms with Crippen LogP contribution in [0.4, 0.5) is 0 Å². The zero-order valence-electron chi connectivity index (χ0n) is 10.5. The number of carbonyl (C=O) groups excluding carboxylic acids is 1. The van der Waals surface area contributed by atoms with Crippen molar-refractivity contribution in [1.82, 2.24) is 5.32 Å². The Balaban J connectivity index is 1.94. The number of halogens is 2. The van der Waals surface area contributed by atoms with Gasteiger partial charge in [0, 0.05) is 28.8 Å². The zero-order valence-corrected chi connectivity index (χ0v) is 12.0. The molecule has 0 radical (unpaired) electrons. The summed E-state index contributed by atoms with van der Waals surface area (Å²) in [6.45, 7) is 0.789. The number of amides is 1. The second-order valence-corrected chi connectivity index (χ2v) is 5.87. The van der Waals surface area contributed by atoms with Gasteiger partial charge in [-0.25, -0.2) is 0 Å². The lowest BCUT2D eigenvalue weighted by atomic mass is 9.97. The third kappa shape index (κ3) is 3.85. The van der Waals surface area contributed by atoms with Crippen LogP contribution in [-0.2, 0) is 0 Å². The number of benzene rings is 1. The van der Waals surface area contributed by atoms with Crippen LogP contribution in [0.2, 0.25) is 10.0 Å². The molecule has 2 atom stereocenters. The summed E-state index contributed by atoms with van der Waals surface area (Å²) in [7, 11) is 0. The number of rotatable bonds is 4. The van der Waals surface area contributed by atoms with Crippen molar-refractivity contribution in [1.29, 1.82) is 0 Å². The number of carbonyl (C=O) groups is 1. The maximum absolute atomic E-state index is 12.0. The third-order valence-electron chi connectivity index (χ3n) is 3.70. The van der Waals surface area contributed by atoms with Gasteiger partial charge in [0.25, 0.3) is 5.91 Å². The molecule has 1 aliphatic carbocycles. The predicted octanol–water partition coefficient (Wildman–Crippen LogP) is 3.13. The molecule has 1 amide bonds. The molecule has 104 valence electrons. The molecule has 19 heavy (non-hydrogen) atoms. The van der Waals surface area contributed by atoms with Crippen molar-refractivity contribution < 1.29 is 9.90 Å². The fourth-order valence-corrected chi connectivity index (χ4v) is 3.16. The molecule has 3 nitrogen and oxygen atoms in total. The second kappa shape index (κ2) is 6.60. The van der Waals surface area contributed by atoms with Gasteiger partial charge in [-0.05, 0) is 42.9 Å². The Morgan fingerprint density at radius 3 is 2.47 bits per heavy atom. The summed E-state index contributed by atoms with van der Waals surface area (Å²) in [6.07, 6.45) is 3.22. The molecule has 0 bridgehead atoms. The van der Waals surface area contributed by atoms with Gasteiger partial charge < -0.3 is 10.4 Å². The molecule has 1 aromatic carbocycles. The summed E-state index contributed by atoms with van der Waals surface area (Å²) in [5.41, 5.74) is 0.469. The van der Waals surface area contributed by atoms with Gasteiger partial charge in [0.05, 0.1) is 0 Å². The average Bonchev–Trinajstić information content (AvgIpc) is 2.82. The standard InChI is InChI=1S/C14H17Cl2NO2/c15-12-4-11(5-13(16)6-12)14(19)17-7-9-2-1-3-10(9)8-18/h4-6,9-10,18H,1-3,7-8H2,(H,17,19). The Bertz CT molecular complexity index is 445. The molecule has 0 aliphatic heterocycles. The molecule has 5 heteroatoms. The van der Waals surface area contributed by atoms with Gasteiger partial charge >= 0.3 is 0 Å². The van der Waals surface area contributed by atoms with E-state index in [1.54, 1.807) is 18.2 Å². The van der Waals surface area contributed by atoms with E-state index in [-0.39, 0.29) is 12.5 Å². The maximum atomic E-state index is 12.0. The summed E-state index contributed by atoms with van der Waals surface area (Å²) < 4.78 is 0. The van der Waals surface area contributed by atoms with E-state index in [2.05, 4.69) is 5.32 Å². The highest BCUT2D eigenvalue weighted by atomic mass is 35.5. The fraction of sp³-hybridized carbons (Fsp3) is 0.500. The molecule has 0 saturated heterocycles. The summed E-state index contributed by atoms with van der Waals surface area (Å²) in [4.78, 5) is 12.0. The summed E-state index contributed by atoms with van der Waals surface area (Å²) in [5, 5.41) is 13.0. The summed E-state index contributed by atoms with van der Waals surface area (Å²) in [5.74, 6) is 0.500. The van der Waals surface area contributed by atoms with E-state index in [9.17, 15) is 9.90 Å². The molecule has 1 aliphatic rings. The quantitative estimate of drug-likeness (QED) is 0.897. The lowest BCUT2D eigenvalue weighted by Gasteiger charge is -2.17. The molecule has 2 N–H and O–H groups in total. The van der Waals surface area contributed by atoms with Crippen molar-refractivity contribution in [2.24, 2.45) is 11.8 Å². The van der Waals surface area contributed by atoms with Gasteiger partial charge in [-0.1, -0.05) is 29.6 Å². The maximum Gasteiger partial charge on any atom is 0.251 e. The van der Waals surface area contributed by atoms with Crippen LogP contribution in [0.3, 0.4) is 0 Å². The van der Waals surface area contributed by atoms with Crippen LogP contribution in [0, 0.1) is 11.8 Å². The van der Waals surface area contributed by atoms with Crippen molar-refractivity contribution >= 4 is 29.1 Å². The largest absolute Gasteiger partial charge is 0.396 e. The lowest BCUT2D eigenvalue weighted by Crippen LogP contribution is -2.31. The Morgan fingerprint density at radius 2 is 1.84 bits per heavy atom. The second-order valence-electron chi connectivity index (χ2n) is 5.00. The number of hydrogen-bond acceptors (Lipinski definition) is 2. The van der Waals surface area contributed by atoms with Crippen LogP contribution in [0.5, 0.6) is 0 Å².